The van der Waals surface area contributed by atoms with Gasteiger partial charge in [-0.15, -0.1) is 0 Å². The highest BCUT2D eigenvalue weighted by Crippen LogP contribution is 2.23. The zero-order chi connectivity index (χ0) is 14.5. The number of benzene rings is 1. The van der Waals surface area contributed by atoms with Crippen LogP contribution >= 0.6 is 11.6 Å². The van der Waals surface area contributed by atoms with Crippen LogP contribution in [-0.4, -0.2) is 22.0 Å². The lowest BCUT2D eigenvalue weighted by Gasteiger charge is -2.08. The minimum atomic E-state index is -1.08. The summed E-state index contributed by atoms with van der Waals surface area (Å²) in [6.07, 6.45) is 3.36. The molecule has 0 aliphatic rings. The first-order chi connectivity index (χ1) is 9.56. The summed E-state index contributed by atoms with van der Waals surface area (Å²) in [4.78, 5) is 26.6. The predicted molar refractivity (Wildman–Crippen MR) is 75.0 cm³/mol. The van der Waals surface area contributed by atoms with Gasteiger partial charge in [-0.05, 0) is 35.9 Å². The van der Waals surface area contributed by atoms with Gasteiger partial charge in [0.05, 0.1) is 22.7 Å². The first kappa shape index (κ1) is 14.0. The number of hydrogen-bond donors (Lipinski definition) is 2. The number of pyridine rings is 1. The van der Waals surface area contributed by atoms with Gasteiger partial charge in [0.1, 0.15) is 0 Å². The van der Waals surface area contributed by atoms with E-state index in [4.69, 9.17) is 16.7 Å². The van der Waals surface area contributed by atoms with Gasteiger partial charge in [0.25, 0.3) is 0 Å². The minimum absolute atomic E-state index is 0.0635. The summed E-state index contributed by atoms with van der Waals surface area (Å²) in [6, 6.07) is 7.61. The molecule has 0 aliphatic carbocycles. The Morgan fingerprint density at radius 2 is 1.90 bits per heavy atom. The summed E-state index contributed by atoms with van der Waals surface area (Å²) in [7, 11) is 0. The van der Waals surface area contributed by atoms with Crippen LogP contribution in [0.4, 0.5) is 5.69 Å². The standard InChI is InChI=1S/C14H11ClN2O3/c15-11-2-1-10(14(19)20)8-12(11)17-13(18)7-9-3-5-16-6-4-9/h1-6,8H,7H2,(H,17,18)(H,19,20). The Balaban J connectivity index is 2.11. The van der Waals surface area contributed by atoms with Gasteiger partial charge in [-0.25, -0.2) is 4.79 Å². The van der Waals surface area contributed by atoms with E-state index >= 15 is 0 Å². The van der Waals surface area contributed by atoms with Gasteiger partial charge in [0.2, 0.25) is 5.91 Å². The van der Waals surface area contributed by atoms with Gasteiger partial charge in [-0.1, -0.05) is 11.6 Å². The Labute approximate surface area is 120 Å². The van der Waals surface area contributed by atoms with Crippen LogP contribution in [0.15, 0.2) is 42.7 Å². The molecule has 6 heteroatoms. The molecule has 0 unspecified atom stereocenters. The second-order valence-electron chi connectivity index (χ2n) is 4.08. The van der Waals surface area contributed by atoms with E-state index in [0.29, 0.717) is 0 Å². The number of anilines is 1. The third-order valence-electron chi connectivity index (χ3n) is 2.60. The Kier molecular flexibility index (Phi) is 4.32. The monoisotopic (exact) mass is 290 g/mol. The molecular weight excluding hydrogens is 280 g/mol. The lowest BCUT2D eigenvalue weighted by molar-refractivity contribution is -0.115. The van der Waals surface area contributed by atoms with Gasteiger partial charge in [0.15, 0.2) is 0 Å². The SMILES string of the molecule is O=C(Cc1ccncc1)Nc1cc(C(=O)O)ccc1Cl. The Hall–Kier alpha value is -2.40. The first-order valence-electron chi connectivity index (χ1n) is 5.78. The quantitative estimate of drug-likeness (QED) is 0.907. The van der Waals surface area contributed by atoms with E-state index in [1.54, 1.807) is 24.5 Å². The maximum Gasteiger partial charge on any atom is 0.335 e. The number of carboxylic acids is 1. The highest BCUT2D eigenvalue weighted by atomic mass is 35.5. The molecular formula is C14H11ClN2O3. The average Bonchev–Trinajstić information content (AvgIpc) is 2.42. The summed E-state index contributed by atoms with van der Waals surface area (Å²) < 4.78 is 0. The van der Waals surface area contributed by atoms with Crippen LogP contribution in [0.2, 0.25) is 5.02 Å². The summed E-state index contributed by atoms with van der Waals surface area (Å²) in [5.74, 6) is -1.35. The van der Waals surface area contributed by atoms with Gasteiger partial charge in [-0.3, -0.25) is 9.78 Å². The summed E-state index contributed by atoms with van der Waals surface area (Å²) >= 11 is 5.93. The van der Waals surface area contributed by atoms with Crippen molar-refractivity contribution in [1.29, 1.82) is 0 Å². The van der Waals surface area contributed by atoms with Crippen LogP contribution in [0.3, 0.4) is 0 Å². The van der Waals surface area contributed by atoms with Gasteiger partial charge in [-0.2, -0.15) is 0 Å². The van der Waals surface area contributed by atoms with Crippen molar-refractivity contribution in [3.05, 3.63) is 58.9 Å². The molecule has 1 amide bonds. The number of amides is 1. The zero-order valence-electron chi connectivity index (χ0n) is 10.3. The molecule has 1 heterocycles. The molecule has 1 aromatic carbocycles. The second kappa shape index (κ2) is 6.16. The van der Waals surface area contributed by atoms with Crippen molar-refractivity contribution in [2.75, 3.05) is 5.32 Å². The highest BCUT2D eigenvalue weighted by Gasteiger charge is 2.10. The third kappa shape index (κ3) is 3.55. The van der Waals surface area contributed by atoms with Crippen molar-refractivity contribution in [2.45, 2.75) is 6.42 Å². The molecule has 0 atom stereocenters. The molecule has 0 spiro atoms. The Morgan fingerprint density at radius 3 is 2.55 bits per heavy atom. The number of hydrogen-bond acceptors (Lipinski definition) is 3. The van der Waals surface area contributed by atoms with Gasteiger partial charge >= 0.3 is 5.97 Å². The van der Waals surface area contributed by atoms with E-state index in [-0.39, 0.29) is 28.6 Å². The molecule has 0 aliphatic heterocycles. The number of carboxylic acid groups (broad SMARTS) is 1. The molecule has 0 saturated heterocycles. The normalized spacial score (nSPS) is 10.1. The summed E-state index contributed by atoms with van der Waals surface area (Å²) in [5.41, 5.74) is 1.15. The van der Waals surface area contributed by atoms with Crippen LogP contribution in [0.1, 0.15) is 15.9 Å². The van der Waals surface area contributed by atoms with Crippen molar-refractivity contribution in [2.24, 2.45) is 0 Å². The lowest BCUT2D eigenvalue weighted by atomic mass is 10.1. The Morgan fingerprint density at radius 1 is 1.20 bits per heavy atom. The van der Waals surface area contributed by atoms with Gasteiger partial charge < -0.3 is 10.4 Å². The van der Waals surface area contributed by atoms with Crippen molar-refractivity contribution in [1.82, 2.24) is 4.98 Å². The molecule has 0 bridgehead atoms. The van der Waals surface area contributed by atoms with E-state index in [2.05, 4.69) is 10.3 Å². The fourth-order valence-electron chi connectivity index (χ4n) is 1.63. The maximum atomic E-state index is 11.9. The maximum absolute atomic E-state index is 11.9. The molecule has 5 nitrogen and oxygen atoms in total. The fraction of sp³-hybridized carbons (Fsp3) is 0.0714. The predicted octanol–water partition coefficient (Wildman–Crippen LogP) is 2.61. The number of nitrogens with one attached hydrogen (secondary N) is 1. The number of aromatic carboxylic acids is 1. The summed E-state index contributed by atoms with van der Waals surface area (Å²) in [5, 5.41) is 11.8. The number of carbonyl (C=O) groups excluding carboxylic acids is 1. The van der Waals surface area contributed by atoms with E-state index in [1.165, 1.54) is 18.2 Å². The van der Waals surface area contributed by atoms with Crippen molar-refractivity contribution >= 4 is 29.2 Å². The number of carbonyl (C=O) groups is 2. The highest BCUT2D eigenvalue weighted by molar-refractivity contribution is 6.33. The molecule has 102 valence electrons. The van der Waals surface area contributed by atoms with E-state index in [1.807, 2.05) is 0 Å². The number of nitrogens with zero attached hydrogens (tertiary/aromatic N) is 1. The number of halogens is 1. The lowest BCUT2D eigenvalue weighted by Crippen LogP contribution is -2.15. The molecule has 0 radical (unpaired) electrons. The minimum Gasteiger partial charge on any atom is -0.478 e. The molecule has 2 rings (SSSR count). The second-order valence-corrected chi connectivity index (χ2v) is 4.49. The molecule has 0 fully saturated rings. The summed E-state index contributed by atoms with van der Waals surface area (Å²) in [6.45, 7) is 0. The molecule has 2 aromatic rings. The van der Waals surface area contributed by atoms with Crippen molar-refractivity contribution in [3.8, 4) is 0 Å². The van der Waals surface area contributed by atoms with E-state index in [0.717, 1.165) is 5.56 Å². The van der Waals surface area contributed by atoms with Crippen LogP contribution in [0.25, 0.3) is 0 Å². The zero-order valence-corrected chi connectivity index (χ0v) is 11.1. The molecule has 0 saturated carbocycles. The third-order valence-corrected chi connectivity index (χ3v) is 2.93. The van der Waals surface area contributed by atoms with E-state index < -0.39 is 5.97 Å². The largest absolute Gasteiger partial charge is 0.478 e. The number of aromatic nitrogens is 1. The Bertz CT molecular complexity index is 644. The van der Waals surface area contributed by atoms with Crippen LogP contribution in [0, 0.1) is 0 Å². The first-order valence-corrected chi connectivity index (χ1v) is 6.15. The van der Waals surface area contributed by atoms with Crippen molar-refractivity contribution < 1.29 is 14.7 Å². The molecule has 1 aromatic heterocycles. The van der Waals surface area contributed by atoms with Crippen LogP contribution in [0.5, 0.6) is 0 Å². The average molecular weight is 291 g/mol. The van der Waals surface area contributed by atoms with Gasteiger partial charge in [0, 0.05) is 12.4 Å². The van der Waals surface area contributed by atoms with Crippen molar-refractivity contribution in [3.63, 3.8) is 0 Å². The fourth-order valence-corrected chi connectivity index (χ4v) is 1.80. The molecule has 2 N–H and O–H groups in total. The van der Waals surface area contributed by atoms with E-state index in [9.17, 15) is 9.59 Å². The topological polar surface area (TPSA) is 79.3 Å². The molecule has 20 heavy (non-hydrogen) atoms. The van der Waals surface area contributed by atoms with Crippen LogP contribution in [-0.2, 0) is 11.2 Å². The van der Waals surface area contributed by atoms with Crippen LogP contribution < -0.4 is 5.32 Å². The number of rotatable bonds is 4. The smallest absolute Gasteiger partial charge is 0.335 e.